The topological polar surface area (TPSA) is 32.7 Å². The second-order valence-electron chi connectivity index (χ2n) is 3.65. The largest absolute Gasteiger partial charge is 0.389 e. The number of benzene rings is 1. The van der Waals surface area contributed by atoms with Gasteiger partial charge in [-0.1, -0.05) is 18.2 Å². The summed E-state index contributed by atoms with van der Waals surface area (Å²) in [6.07, 6.45) is -0.439. The molecule has 1 atom stereocenters. The molecule has 0 bridgehead atoms. The maximum atomic E-state index is 9.62. The van der Waals surface area contributed by atoms with Crippen molar-refractivity contribution in [2.24, 2.45) is 0 Å². The monoisotopic (exact) mass is 209 g/mol. The van der Waals surface area contributed by atoms with Gasteiger partial charge >= 0.3 is 0 Å². The highest BCUT2D eigenvalue weighted by atomic mass is 16.5. The number of ether oxygens (including phenoxy) is 1. The zero-order valence-electron chi connectivity index (χ0n) is 9.60. The third-order valence-electron chi connectivity index (χ3n) is 2.43. The summed E-state index contributed by atoms with van der Waals surface area (Å²) < 4.78 is 5.03. The molecule has 84 valence electrons. The lowest BCUT2D eigenvalue weighted by Gasteiger charge is -2.23. The Morgan fingerprint density at radius 2 is 2.07 bits per heavy atom. The molecule has 1 aromatic carbocycles. The Kier molecular flexibility index (Phi) is 4.59. The Balaban J connectivity index is 2.82. The number of rotatable bonds is 5. The first-order chi connectivity index (χ1) is 7.16. The Morgan fingerprint density at radius 1 is 1.40 bits per heavy atom. The quantitative estimate of drug-likeness (QED) is 0.803. The minimum absolute atomic E-state index is 0.439. The molecule has 15 heavy (non-hydrogen) atoms. The maximum Gasteiger partial charge on any atom is 0.0781 e. The summed E-state index contributed by atoms with van der Waals surface area (Å²) in [5, 5.41) is 9.62. The van der Waals surface area contributed by atoms with Crippen molar-refractivity contribution >= 4 is 5.69 Å². The zero-order chi connectivity index (χ0) is 11.3. The van der Waals surface area contributed by atoms with E-state index in [1.54, 1.807) is 14.0 Å². The Hall–Kier alpha value is -1.06. The van der Waals surface area contributed by atoms with E-state index in [-0.39, 0.29) is 0 Å². The van der Waals surface area contributed by atoms with E-state index in [9.17, 15) is 5.11 Å². The third-order valence-corrected chi connectivity index (χ3v) is 2.43. The van der Waals surface area contributed by atoms with Crippen LogP contribution in [0.5, 0.6) is 0 Å². The smallest absolute Gasteiger partial charge is 0.0781 e. The molecule has 1 N–H and O–H groups in total. The molecule has 0 aliphatic heterocycles. The first-order valence-corrected chi connectivity index (χ1v) is 5.14. The number of nitrogens with zero attached hydrogens (tertiary/aromatic N) is 1. The van der Waals surface area contributed by atoms with Crippen molar-refractivity contribution in [1.82, 2.24) is 0 Å². The van der Waals surface area contributed by atoms with E-state index in [1.165, 1.54) is 0 Å². The summed E-state index contributed by atoms with van der Waals surface area (Å²) in [5.74, 6) is 0. The van der Waals surface area contributed by atoms with Gasteiger partial charge in [0.15, 0.2) is 0 Å². The number of hydrogen-bond acceptors (Lipinski definition) is 3. The van der Waals surface area contributed by atoms with Gasteiger partial charge in [-0.2, -0.15) is 0 Å². The standard InChI is InChI=1S/C12H19NO2/c1-10(14)11-6-4-5-7-12(11)13(2)8-9-15-3/h4-7,10,14H,8-9H2,1-3H3. The van der Waals surface area contributed by atoms with Gasteiger partial charge in [-0.15, -0.1) is 0 Å². The van der Waals surface area contributed by atoms with Crippen LogP contribution >= 0.6 is 0 Å². The van der Waals surface area contributed by atoms with Gasteiger partial charge in [0.2, 0.25) is 0 Å². The predicted octanol–water partition coefficient (Wildman–Crippen LogP) is 1.82. The summed E-state index contributed by atoms with van der Waals surface area (Å²) >= 11 is 0. The summed E-state index contributed by atoms with van der Waals surface area (Å²) in [4.78, 5) is 2.09. The van der Waals surface area contributed by atoms with Gasteiger partial charge in [0, 0.05) is 32.0 Å². The van der Waals surface area contributed by atoms with Crippen molar-refractivity contribution in [2.45, 2.75) is 13.0 Å². The molecule has 3 nitrogen and oxygen atoms in total. The Labute approximate surface area is 91.3 Å². The average Bonchev–Trinajstić information content (AvgIpc) is 2.25. The predicted molar refractivity (Wildman–Crippen MR) is 62.2 cm³/mol. The molecule has 0 fully saturated rings. The molecule has 1 unspecified atom stereocenters. The van der Waals surface area contributed by atoms with Crippen molar-refractivity contribution in [1.29, 1.82) is 0 Å². The zero-order valence-corrected chi connectivity index (χ0v) is 9.60. The van der Waals surface area contributed by atoms with E-state index in [0.717, 1.165) is 17.8 Å². The second-order valence-corrected chi connectivity index (χ2v) is 3.65. The number of hydrogen-bond donors (Lipinski definition) is 1. The van der Waals surface area contributed by atoms with Crippen LogP contribution in [0.25, 0.3) is 0 Å². The number of aliphatic hydroxyl groups excluding tert-OH is 1. The normalized spacial score (nSPS) is 12.5. The van der Waals surface area contributed by atoms with Crippen LogP contribution in [0, 0.1) is 0 Å². The first-order valence-electron chi connectivity index (χ1n) is 5.14. The average molecular weight is 209 g/mol. The highest BCUT2D eigenvalue weighted by Crippen LogP contribution is 2.24. The molecule has 0 aromatic heterocycles. The third kappa shape index (κ3) is 3.22. The van der Waals surface area contributed by atoms with Crippen LogP contribution < -0.4 is 4.90 Å². The lowest BCUT2D eigenvalue weighted by molar-refractivity contribution is 0.197. The number of para-hydroxylation sites is 1. The number of anilines is 1. The van der Waals surface area contributed by atoms with Gasteiger partial charge in [0.25, 0.3) is 0 Å². The van der Waals surface area contributed by atoms with E-state index in [1.807, 2.05) is 31.3 Å². The van der Waals surface area contributed by atoms with Gasteiger partial charge in [0.1, 0.15) is 0 Å². The molecule has 0 radical (unpaired) electrons. The van der Waals surface area contributed by atoms with Crippen LogP contribution in [0.2, 0.25) is 0 Å². The van der Waals surface area contributed by atoms with Gasteiger partial charge in [-0.3, -0.25) is 0 Å². The fraction of sp³-hybridized carbons (Fsp3) is 0.500. The molecule has 0 aliphatic carbocycles. The molecule has 1 rings (SSSR count). The van der Waals surface area contributed by atoms with E-state index in [2.05, 4.69) is 4.90 Å². The molecule has 0 saturated carbocycles. The van der Waals surface area contributed by atoms with Gasteiger partial charge in [-0.05, 0) is 13.0 Å². The summed E-state index contributed by atoms with van der Waals surface area (Å²) in [6.45, 7) is 3.29. The van der Waals surface area contributed by atoms with Crippen molar-refractivity contribution in [2.75, 3.05) is 32.2 Å². The molecule has 0 saturated heterocycles. The second kappa shape index (κ2) is 5.73. The molecule has 3 heteroatoms. The van der Waals surface area contributed by atoms with Crippen molar-refractivity contribution in [3.05, 3.63) is 29.8 Å². The van der Waals surface area contributed by atoms with E-state index < -0.39 is 6.10 Å². The van der Waals surface area contributed by atoms with E-state index in [4.69, 9.17) is 4.74 Å². The molecular formula is C12H19NO2. The highest BCUT2D eigenvalue weighted by molar-refractivity contribution is 5.53. The Bertz CT molecular complexity index is 299. The minimum atomic E-state index is -0.439. The fourth-order valence-electron chi connectivity index (χ4n) is 1.54. The van der Waals surface area contributed by atoms with Crippen molar-refractivity contribution in [3.63, 3.8) is 0 Å². The summed E-state index contributed by atoms with van der Waals surface area (Å²) in [6, 6.07) is 7.88. The van der Waals surface area contributed by atoms with Gasteiger partial charge < -0.3 is 14.7 Å². The lowest BCUT2D eigenvalue weighted by Crippen LogP contribution is -2.23. The van der Waals surface area contributed by atoms with Crippen LogP contribution in [0.4, 0.5) is 5.69 Å². The molecule has 0 spiro atoms. The van der Waals surface area contributed by atoms with Crippen LogP contribution in [0.3, 0.4) is 0 Å². The highest BCUT2D eigenvalue weighted by Gasteiger charge is 2.10. The van der Waals surface area contributed by atoms with Gasteiger partial charge in [-0.25, -0.2) is 0 Å². The van der Waals surface area contributed by atoms with Crippen LogP contribution in [-0.4, -0.2) is 32.4 Å². The van der Waals surface area contributed by atoms with Crippen LogP contribution in [0.1, 0.15) is 18.6 Å². The SMILES string of the molecule is COCCN(C)c1ccccc1C(C)O. The first kappa shape index (κ1) is 12.0. The summed E-state index contributed by atoms with van der Waals surface area (Å²) in [7, 11) is 3.69. The number of aliphatic hydroxyl groups is 1. The number of methoxy groups -OCH3 is 1. The van der Waals surface area contributed by atoms with E-state index in [0.29, 0.717) is 6.61 Å². The molecule has 1 aromatic rings. The summed E-state index contributed by atoms with van der Waals surface area (Å²) in [5.41, 5.74) is 2.01. The van der Waals surface area contributed by atoms with Crippen molar-refractivity contribution in [3.8, 4) is 0 Å². The van der Waals surface area contributed by atoms with Crippen molar-refractivity contribution < 1.29 is 9.84 Å². The van der Waals surface area contributed by atoms with Crippen LogP contribution in [-0.2, 0) is 4.74 Å². The van der Waals surface area contributed by atoms with Crippen LogP contribution in [0.15, 0.2) is 24.3 Å². The fourth-order valence-corrected chi connectivity index (χ4v) is 1.54. The molecular weight excluding hydrogens is 190 g/mol. The minimum Gasteiger partial charge on any atom is -0.389 e. The molecule has 0 amide bonds. The maximum absolute atomic E-state index is 9.62. The molecule has 0 aliphatic rings. The Morgan fingerprint density at radius 3 is 2.67 bits per heavy atom. The lowest BCUT2D eigenvalue weighted by atomic mass is 10.1. The molecule has 0 heterocycles. The number of likely N-dealkylation sites (N-methyl/N-ethyl adjacent to an activating group) is 1. The van der Waals surface area contributed by atoms with E-state index >= 15 is 0 Å². The van der Waals surface area contributed by atoms with Gasteiger partial charge in [0.05, 0.1) is 12.7 Å².